The van der Waals surface area contributed by atoms with Crippen molar-refractivity contribution >= 4 is 17.3 Å². The summed E-state index contributed by atoms with van der Waals surface area (Å²) in [6, 6.07) is 4.65. The molecule has 17 heavy (non-hydrogen) atoms. The highest BCUT2D eigenvalue weighted by atomic mass is 16.3. The van der Waals surface area contributed by atoms with Crippen molar-refractivity contribution < 1.29 is 9.90 Å². The van der Waals surface area contributed by atoms with Crippen LogP contribution in [0.15, 0.2) is 18.2 Å². The zero-order chi connectivity index (χ0) is 13.0. The molecular weight excluding hydrogens is 218 g/mol. The summed E-state index contributed by atoms with van der Waals surface area (Å²) in [5, 5.41) is 11.8. The maximum absolute atomic E-state index is 11.9. The number of amides is 1. The molecule has 0 saturated carbocycles. The fraction of sp³-hybridized carbons (Fsp3) is 0.417. The fourth-order valence-electron chi connectivity index (χ4n) is 1.37. The smallest absolute Gasteiger partial charge is 0.253 e. The summed E-state index contributed by atoms with van der Waals surface area (Å²) in [4.78, 5) is 11.9. The van der Waals surface area contributed by atoms with Crippen molar-refractivity contribution in [3.05, 3.63) is 23.8 Å². The Balaban J connectivity index is 2.76. The first-order chi connectivity index (χ1) is 7.95. The van der Waals surface area contributed by atoms with Crippen LogP contribution >= 0.6 is 0 Å². The van der Waals surface area contributed by atoms with Crippen molar-refractivity contribution in [1.29, 1.82) is 0 Å². The highest BCUT2D eigenvalue weighted by Crippen LogP contribution is 2.16. The monoisotopic (exact) mass is 237 g/mol. The first-order valence-corrected chi connectivity index (χ1v) is 5.52. The lowest BCUT2D eigenvalue weighted by Crippen LogP contribution is -2.38. The minimum Gasteiger partial charge on any atom is -0.399 e. The number of nitrogen functional groups attached to an aromatic ring is 2. The van der Waals surface area contributed by atoms with E-state index >= 15 is 0 Å². The Morgan fingerprint density at radius 1 is 1.41 bits per heavy atom. The molecule has 0 aliphatic carbocycles. The van der Waals surface area contributed by atoms with Gasteiger partial charge in [0.05, 0.1) is 5.56 Å². The number of aliphatic hydroxyl groups excluding tert-OH is 1. The Bertz CT molecular complexity index is 407. The summed E-state index contributed by atoms with van der Waals surface area (Å²) in [6.45, 7) is 3.72. The van der Waals surface area contributed by atoms with E-state index in [2.05, 4.69) is 5.32 Å². The first-order valence-electron chi connectivity index (χ1n) is 5.52. The van der Waals surface area contributed by atoms with Crippen LogP contribution in [0.2, 0.25) is 0 Å². The van der Waals surface area contributed by atoms with E-state index in [1.54, 1.807) is 18.2 Å². The van der Waals surface area contributed by atoms with Gasteiger partial charge in [0.25, 0.3) is 5.91 Å². The van der Waals surface area contributed by atoms with Gasteiger partial charge in [-0.3, -0.25) is 4.79 Å². The molecule has 1 rings (SSSR count). The van der Waals surface area contributed by atoms with Gasteiger partial charge in [0.2, 0.25) is 0 Å². The molecule has 0 aliphatic heterocycles. The second-order valence-corrected chi connectivity index (χ2v) is 4.27. The molecular formula is C12H19N3O2. The molecule has 0 aliphatic rings. The fourth-order valence-corrected chi connectivity index (χ4v) is 1.37. The number of carbonyl (C=O) groups is 1. The van der Waals surface area contributed by atoms with Gasteiger partial charge in [0.1, 0.15) is 0 Å². The Labute approximate surface area is 101 Å². The largest absolute Gasteiger partial charge is 0.399 e. The normalized spacial score (nSPS) is 14.1. The molecule has 0 bridgehead atoms. The average Bonchev–Trinajstić information content (AvgIpc) is 2.27. The van der Waals surface area contributed by atoms with Crippen LogP contribution < -0.4 is 16.8 Å². The van der Waals surface area contributed by atoms with Crippen LogP contribution in [0.25, 0.3) is 0 Å². The van der Waals surface area contributed by atoms with E-state index < -0.39 is 0 Å². The van der Waals surface area contributed by atoms with E-state index in [0.717, 1.165) is 0 Å². The van der Waals surface area contributed by atoms with Crippen molar-refractivity contribution in [3.63, 3.8) is 0 Å². The molecule has 0 spiro atoms. The van der Waals surface area contributed by atoms with Gasteiger partial charge in [-0.05, 0) is 31.0 Å². The zero-order valence-electron chi connectivity index (χ0n) is 10.1. The highest BCUT2D eigenvalue weighted by Gasteiger charge is 2.16. The predicted octanol–water partition coefficient (Wildman–Crippen LogP) is 0.598. The third kappa shape index (κ3) is 3.35. The molecule has 0 fully saturated rings. The van der Waals surface area contributed by atoms with Crippen molar-refractivity contribution in [2.24, 2.45) is 5.92 Å². The number of nitrogens with one attached hydrogen (secondary N) is 1. The highest BCUT2D eigenvalue weighted by molar-refractivity contribution is 5.99. The minimum absolute atomic E-state index is 0.00560. The van der Waals surface area contributed by atoms with Crippen LogP contribution in [0.3, 0.4) is 0 Å². The lowest BCUT2D eigenvalue weighted by molar-refractivity contribution is 0.0917. The van der Waals surface area contributed by atoms with Crippen LogP contribution in [0, 0.1) is 5.92 Å². The van der Waals surface area contributed by atoms with Crippen LogP contribution in [-0.2, 0) is 0 Å². The molecule has 2 unspecified atom stereocenters. The number of aliphatic hydroxyl groups is 1. The van der Waals surface area contributed by atoms with Crippen LogP contribution in [-0.4, -0.2) is 23.7 Å². The van der Waals surface area contributed by atoms with E-state index in [9.17, 15) is 4.79 Å². The SMILES string of the molecule is CC(CO)C(C)NC(=O)c1ccc(N)cc1N. The molecule has 6 N–H and O–H groups in total. The topological polar surface area (TPSA) is 101 Å². The van der Waals surface area contributed by atoms with E-state index in [1.165, 1.54) is 0 Å². The van der Waals surface area contributed by atoms with E-state index in [0.29, 0.717) is 16.9 Å². The summed E-state index contributed by atoms with van der Waals surface area (Å²) in [7, 11) is 0. The van der Waals surface area contributed by atoms with Gasteiger partial charge in [0, 0.05) is 24.0 Å². The third-order valence-corrected chi connectivity index (χ3v) is 2.82. The van der Waals surface area contributed by atoms with E-state index in [-0.39, 0.29) is 24.5 Å². The Morgan fingerprint density at radius 2 is 2.06 bits per heavy atom. The lowest BCUT2D eigenvalue weighted by atomic mass is 10.0. The Morgan fingerprint density at radius 3 is 2.59 bits per heavy atom. The van der Waals surface area contributed by atoms with Gasteiger partial charge in [-0.25, -0.2) is 0 Å². The quantitative estimate of drug-likeness (QED) is 0.576. The number of nitrogens with two attached hydrogens (primary N) is 2. The molecule has 2 atom stereocenters. The van der Waals surface area contributed by atoms with Gasteiger partial charge in [-0.1, -0.05) is 6.92 Å². The van der Waals surface area contributed by atoms with Crippen molar-refractivity contribution in [3.8, 4) is 0 Å². The Kier molecular flexibility index (Phi) is 4.34. The van der Waals surface area contributed by atoms with Crippen molar-refractivity contribution in [1.82, 2.24) is 5.32 Å². The van der Waals surface area contributed by atoms with Gasteiger partial charge >= 0.3 is 0 Å². The van der Waals surface area contributed by atoms with Crippen LogP contribution in [0.1, 0.15) is 24.2 Å². The molecule has 94 valence electrons. The molecule has 1 aromatic rings. The molecule has 0 saturated heterocycles. The minimum atomic E-state index is -0.254. The van der Waals surface area contributed by atoms with Crippen molar-refractivity contribution in [2.75, 3.05) is 18.1 Å². The van der Waals surface area contributed by atoms with Crippen LogP contribution in [0.5, 0.6) is 0 Å². The standard InChI is InChI=1S/C12H19N3O2/c1-7(6-16)8(2)15-12(17)10-4-3-9(13)5-11(10)14/h3-5,7-8,16H,6,13-14H2,1-2H3,(H,15,17). The molecule has 5 heteroatoms. The lowest BCUT2D eigenvalue weighted by Gasteiger charge is -2.19. The third-order valence-electron chi connectivity index (χ3n) is 2.82. The second kappa shape index (κ2) is 5.54. The number of hydrogen-bond donors (Lipinski definition) is 4. The zero-order valence-corrected chi connectivity index (χ0v) is 10.1. The van der Waals surface area contributed by atoms with Gasteiger partial charge < -0.3 is 21.9 Å². The molecule has 0 radical (unpaired) electrons. The van der Waals surface area contributed by atoms with Gasteiger partial charge in [-0.2, -0.15) is 0 Å². The number of benzene rings is 1. The number of rotatable bonds is 4. The Hall–Kier alpha value is -1.75. The number of carbonyl (C=O) groups excluding carboxylic acids is 1. The average molecular weight is 237 g/mol. The molecule has 0 aromatic heterocycles. The molecule has 1 aromatic carbocycles. The summed E-state index contributed by atoms with van der Waals surface area (Å²) in [5.41, 5.74) is 12.5. The summed E-state index contributed by atoms with van der Waals surface area (Å²) in [5.74, 6) is -0.260. The summed E-state index contributed by atoms with van der Waals surface area (Å²) < 4.78 is 0. The molecule has 5 nitrogen and oxygen atoms in total. The first kappa shape index (κ1) is 13.3. The summed E-state index contributed by atoms with van der Waals surface area (Å²) >= 11 is 0. The van der Waals surface area contributed by atoms with E-state index in [4.69, 9.17) is 16.6 Å². The second-order valence-electron chi connectivity index (χ2n) is 4.27. The van der Waals surface area contributed by atoms with E-state index in [1.807, 2.05) is 13.8 Å². The predicted molar refractivity (Wildman–Crippen MR) is 68.4 cm³/mol. The maximum Gasteiger partial charge on any atom is 0.253 e. The van der Waals surface area contributed by atoms with Gasteiger partial charge in [0.15, 0.2) is 0 Å². The maximum atomic E-state index is 11.9. The number of hydrogen-bond acceptors (Lipinski definition) is 4. The van der Waals surface area contributed by atoms with Crippen LogP contribution in [0.4, 0.5) is 11.4 Å². The number of anilines is 2. The molecule has 1 amide bonds. The van der Waals surface area contributed by atoms with Gasteiger partial charge in [-0.15, -0.1) is 0 Å². The van der Waals surface area contributed by atoms with Crippen molar-refractivity contribution in [2.45, 2.75) is 19.9 Å². The summed E-state index contributed by atoms with van der Waals surface area (Å²) in [6.07, 6.45) is 0. The molecule has 0 heterocycles.